The van der Waals surface area contributed by atoms with Gasteiger partial charge in [0.1, 0.15) is 0 Å². The lowest BCUT2D eigenvalue weighted by Gasteiger charge is -2.20. The molecule has 0 aromatic heterocycles. The minimum atomic E-state index is 0.211. The van der Waals surface area contributed by atoms with Gasteiger partial charge in [-0.25, -0.2) is 0 Å². The first-order chi connectivity index (χ1) is 8.77. The summed E-state index contributed by atoms with van der Waals surface area (Å²) in [5, 5.41) is 0. The highest BCUT2D eigenvalue weighted by atomic mass is 32.2. The van der Waals surface area contributed by atoms with Crippen molar-refractivity contribution in [1.82, 2.24) is 4.90 Å². The van der Waals surface area contributed by atoms with Gasteiger partial charge in [0.25, 0.3) is 0 Å². The number of thioether (sulfide) groups is 1. The lowest BCUT2D eigenvalue weighted by atomic mass is 10.2. The lowest BCUT2D eigenvalue weighted by molar-refractivity contribution is -0.128. The van der Waals surface area contributed by atoms with E-state index in [-0.39, 0.29) is 5.91 Å². The van der Waals surface area contributed by atoms with Gasteiger partial charge in [0.2, 0.25) is 5.91 Å². The number of hydrogen-bond acceptors (Lipinski definition) is 3. The second-order valence-corrected chi connectivity index (χ2v) is 5.19. The van der Waals surface area contributed by atoms with Gasteiger partial charge in [-0.2, -0.15) is 11.8 Å². The van der Waals surface area contributed by atoms with E-state index in [0.717, 1.165) is 18.7 Å². The highest BCUT2D eigenvalue weighted by Gasteiger charge is 2.11. The van der Waals surface area contributed by atoms with Crippen molar-refractivity contribution in [3.8, 4) is 0 Å². The molecule has 0 radical (unpaired) electrons. The second kappa shape index (κ2) is 9.00. The largest absolute Gasteiger partial charge is 0.338 e. The molecule has 2 N–H and O–H groups in total. The zero-order valence-electron chi connectivity index (χ0n) is 11.0. The zero-order chi connectivity index (χ0) is 13.2. The standard InChI is InChI=1S/C14H22N2OS/c1-2-16(11-13-7-4-3-5-8-13)14(17)12-18-10-6-9-15/h3-5,7-8H,2,6,9-12,15H2,1H3. The summed E-state index contributed by atoms with van der Waals surface area (Å²) in [5.41, 5.74) is 6.61. The summed E-state index contributed by atoms with van der Waals surface area (Å²) in [6.45, 7) is 4.17. The zero-order valence-corrected chi connectivity index (χ0v) is 11.8. The topological polar surface area (TPSA) is 46.3 Å². The molecule has 0 saturated heterocycles. The summed E-state index contributed by atoms with van der Waals surface area (Å²) in [7, 11) is 0. The molecule has 4 heteroatoms. The Morgan fingerprint density at radius 3 is 2.67 bits per heavy atom. The third-order valence-corrected chi connectivity index (χ3v) is 3.70. The van der Waals surface area contributed by atoms with Crippen LogP contribution >= 0.6 is 11.8 Å². The summed E-state index contributed by atoms with van der Waals surface area (Å²) in [4.78, 5) is 13.9. The third kappa shape index (κ3) is 5.56. The Morgan fingerprint density at radius 1 is 1.33 bits per heavy atom. The number of hydrogen-bond donors (Lipinski definition) is 1. The van der Waals surface area contributed by atoms with E-state index in [0.29, 0.717) is 18.8 Å². The quantitative estimate of drug-likeness (QED) is 0.733. The van der Waals surface area contributed by atoms with E-state index in [9.17, 15) is 4.79 Å². The summed E-state index contributed by atoms with van der Waals surface area (Å²) < 4.78 is 0. The molecule has 1 rings (SSSR count). The van der Waals surface area contributed by atoms with Crippen LogP contribution in [0.3, 0.4) is 0 Å². The molecule has 0 aliphatic heterocycles. The summed E-state index contributed by atoms with van der Waals surface area (Å²) in [6.07, 6.45) is 0.975. The van der Waals surface area contributed by atoms with Crippen LogP contribution in [-0.2, 0) is 11.3 Å². The van der Waals surface area contributed by atoms with Crippen LogP contribution in [0, 0.1) is 0 Å². The number of rotatable bonds is 8. The molecule has 0 spiro atoms. The highest BCUT2D eigenvalue weighted by molar-refractivity contribution is 7.99. The van der Waals surface area contributed by atoms with E-state index in [2.05, 4.69) is 12.1 Å². The fourth-order valence-corrected chi connectivity index (χ4v) is 2.49. The predicted octanol–water partition coefficient (Wildman–Crippen LogP) is 2.12. The van der Waals surface area contributed by atoms with E-state index in [1.54, 1.807) is 11.8 Å². The Bertz CT molecular complexity index is 343. The minimum absolute atomic E-state index is 0.211. The molecule has 100 valence electrons. The molecule has 1 aromatic rings. The smallest absolute Gasteiger partial charge is 0.232 e. The maximum absolute atomic E-state index is 12.0. The molecule has 18 heavy (non-hydrogen) atoms. The van der Waals surface area contributed by atoms with Crippen molar-refractivity contribution in [3.05, 3.63) is 35.9 Å². The van der Waals surface area contributed by atoms with Gasteiger partial charge < -0.3 is 10.6 Å². The summed E-state index contributed by atoms with van der Waals surface area (Å²) in [5.74, 6) is 1.73. The van der Waals surface area contributed by atoms with Gasteiger partial charge in [0.15, 0.2) is 0 Å². The normalized spacial score (nSPS) is 10.3. The average molecular weight is 266 g/mol. The number of nitrogens with zero attached hydrogens (tertiary/aromatic N) is 1. The van der Waals surface area contributed by atoms with Crippen molar-refractivity contribution >= 4 is 17.7 Å². The van der Waals surface area contributed by atoms with E-state index < -0.39 is 0 Å². The van der Waals surface area contributed by atoms with Crippen LogP contribution < -0.4 is 5.73 Å². The molecule has 0 unspecified atom stereocenters. The molecule has 0 saturated carbocycles. The molecule has 1 amide bonds. The average Bonchev–Trinajstić information content (AvgIpc) is 2.42. The van der Waals surface area contributed by atoms with Gasteiger partial charge >= 0.3 is 0 Å². The summed E-state index contributed by atoms with van der Waals surface area (Å²) >= 11 is 1.67. The van der Waals surface area contributed by atoms with Crippen molar-refractivity contribution in [1.29, 1.82) is 0 Å². The number of carbonyl (C=O) groups excluding carboxylic acids is 1. The number of nitrogens with two attached hydrogens (primary N) is 1. The first-order valence-corrected chi connectivity index (χ1v) is 7.53. The molecule has 1 aromatic carbocycles. The molecule has 0 fully saturated rings. The van der Waals surface area contributed by atoms with E-state index >= 15 is 0 Å². The third-order valence-electron chi connectivity index (χ3n) is 2.67. The SMILES string of the molecule is CCN(Cc1ccccc1)C(=O)CSCCCN. The predicted molar refractivity (Wildman–Crippen MR) is 78.5 cm³/mol. The molecule has 3 nitrogen and oxygen atoms in total. The van der Waals surface area contributed by atoms with Gasteiger partial charge in [0, 0.05) is 13.1 Å². The Hall–Kier alpha value is -1.00. The van der Waals surface area contributed by atoms with Crippen molar-refractivity contribution in [3.63, 3.8) is 0 Å². The van der Waals surface area contributed by atoms with Crippen LogP contribution in [0.2, 0.25) is 0 Å². The van der Waals surface area contributed by atoms with Crippen LogP contribution in [-0.4, -0.2) is 35.4 Å². The number of amides is 1. The van der Waals surface area contributed by atoms with Crippen LogP contribution in [0.25, 0.3) is 0 Å². The highest BCUT2D eigenvalue weighted by Crippen LogP contribution is 2.08. The van der Waals surface area contributed by atoms with Gasteiger partial charge in [-0.1, -0.05) is 30.3 Å². The Kier molecular flexibility index (Phi) is 7.53. The van der Waals surface area contributed by atoms with Crippen molar-refractivity contribution in [2.75, 3.05) is 24.6 Å². The van der Waals surface area contributed by atoms with Crippen molar-refractivity contribution in [2.45, 2.75) is 19.9 Å². The van der Waals surface area contributed by atoms with Crippen molar-refractivity contribution in [2.24, 2.45) is 5.73 Å². The van der Waals surface area contributed by atoms with Gasteiger partial charge in [-0.3, -0.25) is 4.79 Å². The maximum Gasteiger partial charge on any atom is 0.232 e. The fourth-order valence-electron chi connectivity index (χ4n) is 1.62. The monoisotopic (exact) mass is 266 g/mol. The first kappa shape index (κ1) is 15.1. The van der Waals surface area contributed by atoms with Gasteiger partial charge in [0.05, 0.1) is 5.75 Å². The molecule has 0 atom stereocenters. The van der Waals surface area contributed by atoms with Crippen molar-refractivity contribution < 1.29 is 4.79 Å². The molecule has 0 aliphatic rings. The van der Waals surface area contributed by atoms with E-state index in [1.807, 2.05) is 30.0 Å². The van der Waals surface area contributed by atoms with Gasteiger partial charge in [-0.15, -0.1) is 0 Å². The van der Waals surface area contributed by atoms with E-state index in [4.69, 9.17) is 5.73 Å². The van der Waals surface area contributed by atoms with Crippen LogP contribution in [0.1, 0.15) is 18.9 Å². The van der Waals surface area contributed by atoms with Crippen LogP contribution in [0.15, 0.2) is 30.3 Å². The number of benzene rings is 1. The Morgan fingerprint density at radius 2 is 2.06 bits per heavy atom. The molecular weight excluding hydrogens is 244 g/mol. The fraction of sp³-hybridized carbons (Fsp3) is 0.500. The molecule has 0 bridgehead atoms. The minimum Gasteiger partial charge on any atom is -0.338 e. The maximum atomic E-state index is 12.0. The molecule has 0 heterocycles. The molecule has 0 aliphatic carbocycles. The molecular formula is C14H22N2OS. The van der Waals surface area contributed by atoms with E-state index in [1.165, 1.54) is 5.56 Å². The number of carbonyl (C=O) groups is 1. The first-order valence-electron chi connectivity index (χ1n) is 6.37. The second-order valence-electron chi connectivity index (χ2n) is 4.09. The van der Waals surface area contributed by atoms with Crippen LogP contribution in [0.4, 0.5) is 0 Å². The lowest BCUT2D eigenvalue weighted by Crippen LogP contribution is -2.31. The Balaban J connectivity index is 2.38. The summed E-state index contributed by atoms with van der Waals surface area (Å²) in [6, 6.07) is 10.1. The Labute approximate surface area is 114 Å². The van der Waals surface area contributed by atoms with Crippen LogP contribution in [0.5, 0.6) is 0 Å². The van der Waals surface area contributed by atoms with Gasteiger partial charge in [-0.05, 0) is 31.2 Å².